The molecule has 1 aliphatic rings. The summed E-state index contributed by atoms with van der Waals surface area (Å²) in [5.74, 6) is 1.05. The van der Waals surface area contributed by atoms with Crippen LogP contribution in [0, 0.1) is 6.92 Å². The van der Waals surface area contributed by atoms with E-state index in [1.54, 1.807) is 6.92 Å². The lowest BCUT2D eigenvalue weighted by molar-refractivity contribution is 0.0533. The zero-order valence-corrected chi connectivity index (χ0v) is 12.6. The zero-order chi connectivity index (χ0) is 15.0. The average molecular weight is 305 g/mol. The van der Waals surface area contributed by atoms with Crippen LogP contribution in [0.1, 0.15) is 22.2 Å². The summed E-state index contributed by atoms with van der Waals surface area (Å²) in [6.07, 6.45) is 0. The summed E-state index contributed by atoms with van der Waals surface area (Å²) in [6, 6.07) is 5.69. The molecule has 2 N–H and O–H groups in total. The van der Waals surface area contributed by atoms with Crippen LogP contribution in [-0.2, 0) is 4.74 Å². The van der Waals surface area contributed by atoms with Gasteiger partial charge in [-0.25, -0.2) is 4.79 Å². The van der Waals surface area contributed by atoms with E-state index in [1.165, 1.54) is 11.3 Å². The normalized spacial score (nSPS) is 12.5. The first-order valence-corrected chi connectivity index (χ1v) is 7.39. The summed E-state index contributed by atoms with van der Waals surface area (Å²) in [7, 11) is 0. The molecule has 3 rings (SSSR count). The molecule has 1 aromatic heterocycles. The zero-order valence-electron chi connectivity index (χ0n) is 11.8. The number of benzene rings is 1. The van der Waals surface area contributed by atoms with Gasteiger partial charge in [0.25, 0.3) is 0 Å². The molecule has 21 heavy (non-hydrogen) atoms. The molecule has 0 saturated heterocycles. The van der Waals surface area contributed by atoms with Gasteiger partial charge < -0.3 is 19.9 Å². The number of rotatable bonds is 3. The number of carbonyl (C=O) groups excluding carboxylic acids is 1. The Morgan fingerprint density at radius 2 is 2.14 bits per heavy atom. The smallest absolute Gasteiger partial charge is 0.350 e. The standard InChI is InChI=1S/C15H15NO4S/c1-3-18-15(17)14-12(16)8(2)13(21-14)9-4-5-10-11(6-9)20-7-19-10/h4-6H,3,7,16H2,1-2H3. The van der Waals surface area contributed by atoms with Gasteiger partial charge in [-0.05, 0) is 43.2 Å². The second-order valence-corrected chi connectivity index (χ2v) is 5.61. The van der Waals surface area contributed by atoms with Crippen molar-refractivity contribution < 1.29 is 19.0 Å². The third-order valence-electron chi connectivity index (χ3n) is 3.29. The highest BCUT2D eigenvalue weighted by Gasteiger charge is 2.22. The van der Waals surface area contributed by atoms with Crippen LogP contribution < -0.4 is 15.2 Å². The third-order valence-corrected chi connectivity index (χ3v) is 4.63. The lowest BCUT2D eigenvalue weighted by Gasteiger charge is -2.02. The number of carbonyl (C=O) groups is 1. The van der Waals surface area contributed by atoms with E-state index in [0.29, 0.717) is 22.9 Å². The number of esters is 1. The van der Waals surface area contributed by atoms with Crippen molar-refractivity contribution in [1.29, 1.82) is 0 Å². The van der Waals surface area contributed by atoms with Gasteiger partial charge >= 0.3 is 5.97 Å². The minimum absolute atomic E-state index is 0.235. The van der Waals surface area contributed by atoms with E-state index in [9.17, 15) is 4.79 Å². The van der Waals surface area contributed by atoms with Gasteiger partial charge in [0, 0.05) is 4.88 Å². The fourth-order valence-corrected chi connectivity index (χ4v) is 3.30. The molecule has 0 fully saturated rings. The molecular weight excluding hydrogens is 290 g/mol. The van der Waals surface area contributed by atoms with Crippen molar-refractivity contribution in [1.82, 2.24) is 0 Å². The van der Waals surface area contributed by atoms with Gasteiger partial charge in [0.15, 0.2) is 11.5 Å². The molecule has 2 aromatic rings. The lowest BCUT2D eigenvalue weighted by atomic mass is 10.1. The molecule has 2 heterocycles. The predicted molar refractivity (Wildman–Crippen MR) is 81.0 cm³/mol. The first kappa shape index (κ1) is 13.8. The number of anilines is 1. The molecule has 0 amide bonds. The van der Waals surface area contributed by atoms with Crippen molar-refractivity contribution in [2.45, 2.75) is 13.8 Å². The van der Waals surface area contributed by atoms with Crippen molar-refractivity contribution in [2.75, 3.05) is 19.1 Å². The Kier molecular flexibility index (Phi) is 3.47. The summed E-state index contributed by atoms with van der Waals surface area (Å²) in [5, 5.41) is 0. The van der Waals surface area contributed by atoms with E-state index in [1.807, 2.05) is 25.1 Å². The van der Waals surface area contributed by atoms with Crippen molar-refractivity contribution >= 4 is 23.0 Å². The molecule has 0 spiro atoms. The molecular formula is C15H15NO4S. The number of nitrogen functional groups attached to an aromatic ring is 1. The number of ether oxygens (including phenoxy) is 3. The number of nitrogens with two attached hydrogens (primary N) is 1. The second kappa shape index (κ2) is 5.29. The summed E-state index contributed by atoms with van der Waals surface area (Å²) < 4.78 is 15.7. The highest BCUT2D eigenvalue weighted by Crippen LogP contribution is 2.42. The van der Waals surface area contributed by atoms with Crippen LogP contribution in [0.5, 0.6) is 11.5 Å². The van der Waals surface area contributed by atoms with E-state index in [-0.39, 0.29) is 12.8 Å². The monoisotopic (exact) mass is 305 g/mol. The molecule has 0 saturated carbocycles. The average Bonchev–Trinajstić information content (AvgIpc) is 3.05. The van der Waals surface area contributed by atoms with Crippen molar-refractivity contribution in [3.63, 3.8) is 0 Å². The van der Waals surface area contributed by atoms with Crippen molar-refractivity contribution in [2.24, 2.45) is 0 Å². The Bertz CT molecular complexity index is 708. The van der Waals surface area contributed by atoms with Gasteiger partial charge in [-0.3, -0.25) is 0 Å². The summed E-state index contributed by atoms with van der Waals surface area (Å²) in [5.41, 5.74) is 8.34. The molecule has 0 bridgehead atoms. The minimum Gasteiger partial charge on any atom is -0.462 e. The van der Waals surface area contributed by atoms with Crippen LogP contribution in [0.15, 0.2) is 18.2 Å². The maximum Gasteiger partial charge on any atom is 0.350 e. The molecule has 0 aliphatic carbocycles. The Balaban J connectivity index is 2.03. The Labute approximate surface area is 126 Å². The minimum atomic E-state index is -0.380. The summed E-state index contributed by atoms with van der Waals surface area (Å²) in [6.45, 7) is 4.23. The van der Waals surface area contributed by atoms with E-state index in [0.717, 1.165) is 21.8 Å². The predicted octanol–water partition coefficient (Wildman–Crippen LogP) is 3.21. The topological polar surface area (TPSA) is 70.8 Å². The van der Waals surface area contributed by atoms with Gasteiger partial charge in [0.05, 0.1) is 12.3 Å². The van der Waals surface area contributed by atoms with Crippen LogP contribution in [0.4, 0.5) is 5.69 Å². The van der Waals surface area contributed by atoms with Crippen LogP contribution in [-0.4, -0.2) is 19.4 Å². The van der Waals surface area contributed by atoms with E-state index < -0.39 is 0 Å². The van der Waals surface area contributed by atoms with Gasteiger partial charge in [0.1, 0.15) is 4.88 Å². The molecule has 0 atom stereocenters. The second-order valence-electron chi connectivity index (χ2n) is 4.59. The van der Waals surface area contributed by atoms with E-state index >= 15 is 0 Å². The third kappa shape index (κ3) is 2.31. The summed E-state index contributed by atoms with van der Waals surface area (Å²) >= 11 is 1.34. The molecule has 6 heteroatoms. The van der Waals surface area contributed by atoms with Gasteiger partial charge in [-0.2, -0.15) is 0 Å². The molecule has 1 aliphatic heterocycles. The first-order chi connectivity index (χ1) is 10.1. The highest BCUT2D eigenvalue weighted by atomic mass is 32.1. The molecule has 5 nitrogen and oxygen atoms in total. The quantitative estimate of drug-likeness (QED) is 0.882. The Morgan fingerprint density at radius 3 is 2.90 bits per heavy atom. The largest absolute Gasteiger partial charge is 0.462 e. The van der Waals surface area contributed by atoms with Crippen molar-refractivity contribution in [3.05, 3.63) is 28.6 Å². The first-order valence-electron chi connectivity index (χ1n) is 6.57. The van der Waals surface area contributed by atoms with Crippen molar-refractivity contribution in [3.8, 4) is 21.9 Å². The van der Waals surface area contributed by atoms with Crippen LogP contribution in [0.3, 0.4) is 0 Å². The molecule has 0 radical (unpaired) electrons. The fraction of sp³-hybridized carbons (Fsp3) is 0.267. The lowest BCUT2D eigenvalue weighted by Crippen LogP contribution is -2.05. The van der Waals surface area contributed by atoms with E-state index in [4.69, 9.17) is 19.9 Å². The van der Waals surface area contributed by atoms with Crippen LogP contribution in [0.2, 0.25) is 0 Å². The molecule has 1 aromatic carbocycles. The molecule has 110 valence electrons. The van der Waals surface area contributed by atoms with Gasteiger partial charge in [-0.1, -0.05) is 0 Å². The summed E-state index contributed by atoms with van der Waals surface area (Å²) in [4.78, 5) is 13.3. The maximum absolute atomic E-state index is 11.9. The SMILES string of the molecule is CCOC(=O)c1sc(-c2ccc3c(c2)OCO3)c(C)c1N. The number of thiophene rings is 1. The van der Waals surface area contributed by atoms with Crippen LogP contribution >= 0.6 is 11.3 Å². The number of hydrogen-bond acceptors (Lipinski definition) is 6. The Hall–Kier alpha value is -2.21. The fourth-order valence-electron chi connectivity index (χ4n) is 2.19. The molecule has 0 unspecified atom stereocenters. The van der Waals surface area contributed by atoms with Gasteiger partial charge in [0.2, 0.25) is 6.79 Å². The highest BCUT2D eigenvalue weighted by molar-refractivity contribution is 7.18. The van der Waals surface area contributed by atoms with Gasteiger partial charge in [-0.15, -0.1) is 11.3 Å². The number of fused-ring (bicyclic) bond motifs is 1. The maximum atomic E-state index is 11.9. The number of hydrogen-bond donors (Lipinski definition) is 1. The van der Waals surface area contributed by atoms with Crippen LogP contribution in [0.25, 0.3) is 10.4 Å². The Morgan fingerprint density at radius 1 is 1.38 bits per heavy atom. The van der Waals surface area contributed by atoms with E-state index in [2.05, 4.69) is 0 Å².